The van der Waals surface area contributed by atoms with Crippen LogP contribution in [0, 0.1) is 6.92 Å². The van der Waals surface area contributed by atoms with Crippen LogP contribution in [-0.2, 0) is 4.79 Å². The number of aromatic hydroxyl groups is 1. The minimum atomic E-state index is -0.215. The summed E-state index contributed by atoms with van der Waals surface area (Å²) in [5.74, 6) is 0.599. The second kappa shape index (κ2) is 6.80. The fraction of sp³-hybridized carbons (Fsp3) is 0.111. The van der Waals surface area contributed by atoms with Crippen molar-refractivity contribution in [3.8, 4) is 11.5 Å². The smallest absolute Gasteiger partial charge is 0.264 e. The van der Waals surface area contributed by atoms with Crippen LogP contribution in [0.25, 0.3) is 6.08 Å². The molecule has 2 aromatic carbocycles. The van der Waals surface area contributed by atoms with Gasteiger partial charge in [-0.2, -0.15) is 0 Å². The number of hydrogen-bond donors (Lipinski definition) is 2. The first-order valence-corrected chi connectivity index (χ1v) is 8.10. The van der Waals surface area contributed by atoms with Crippen molar-refractivity contribution in [2.24, 2.45) is 4.99 Å². The highest BCUT2D eigenvalue weighted by atomic mass is 32.2. The molecule has 6 heteroatoms. The van der Waals surface area contributed by atoms with Crippen LogP contribution in [0.3, 0.4) is 0 Å². The van der Waals surface area contributed by atoms with Gasteiger partial charge in [0.25, 0.3) is 5.91 Å². The fourth-order valence-electron chi connectivity index (χ4n) is 2.20. The normalized spacial score (nSPS) is 17.3. The molecule has 24 heavy (non-hydrogen) atoms. The molecule has 0 atom stereocenters. The molecule has 0 radical (unpaired) electrons. The van der Waals surface area contributed by atoms with E-state index in [2.05, 4.69) is 10.3 Å². The van der Waals surface area contributed by atoms with E-state index in [4.69, 9.17) is 4.74 Å². The molecule has 1 heterocycles. The van der Waals surface area contributed by atoms with E-state index >= 15 is 0 Å². The van der Waals surface area contributed by atoms with Crippen molar-refractivity contribution in [1.29, 1.82) is 0 Å². The van der Waals surface area contributed by atoms with Gasteiger partial charge in [-0.25, -0.2) is 4.99 Å². The van der Waals surface area contributed by atoms with Crippen LogP contribution >= 0.6 is 11.8 Å². The van der Waals surface area contributed by atoms with E-state index in [1.807, 2.05) is 37.3 Å². The number of ether oxygens (including phenoxy) is 1. The average Bonchev–Trinajstić information content (AvgIpc) is 2.90. The average molecular weight is 340 g/mol. The van der Waals surface area contributed by atoms with Gasteiger partial charge in [0.1, 0.15) is 17.2 Å². The summed E-state index contributed by atoms with van der Waals surface area (Å²) in [5, 5.41) is 13.1. The minimum absolute atomic E-state index is 0.0857. The summed E-state index contributed by atoms with van der Waals surface area (Å²) in [7, 11) is 1.60. The van der Waals surface area contributed by atoms with Crippen LogP contribution in [0.15, 0.2) is 52.4 Å². The summed E-state index contributed by atoms with van der Waals surface area (Å²) < 4.78 is 5.18. The predicted octanol–water partition coefficient (Wildman–Crippen LogP) is 3.60. The van der Waals surface area contributed by atoms with Gasteiger partial charge in [0.2, 0.25) is 0 Å². The number of aliphatic imine (C=N–C) groups is 1. The number of methoxy groups -OCH3 is 1. The molecule has 1 aliphatic heterocycles. The first kappa shape index (κ1) is 16.1. The molecule has 0 unspecified atom stereocenters. The number of nitrogens with zero attached hydrogens (tertiary/aromatic N) is 1. The second-order valence-corrected chi connectivity index (χ2v) is 6.28. The molecule has 3 rings (SSSR count). The number of benzene rings is 2. The van der Waals surface area contributed by atoms with Crippen molar-refractivity contribution in [2.75, 3.05) is 7.11 Å². The number of phenols is 1. The molecule has 0 spiro atoms. The molecule has 2 aromatic rings. The van der Waals surface area contributed by atoms with Crippen molar-refractivity contribution in [3.05, 3.63) is 58.5 Å². The molecule has 1 saturated heterocycles. The molecule has 0 aliphatic carbocycles. The second-order valence-electron chi connectivity index (χ2n) is 5.25. The molecule has 0 saturated carbocycles. The molecule has 122 valence electrons. The zero-order valence-corrected chi connectivity index (χ0v) is 14.1. The Bertz CT molecular complexity index is 859. The number of thioether (sulfide) groups is 1. The van der Waals surface area contributed by atoms with Gasteiger partial charge < -0.3 is 15.2 Å². The van der Waals surface area contributed by atoms with Crippen molar-refractivity contribution >= 4 is 34.6 Å². The third-order valence-corrected chi connectivity index (χ3v) is 4.31. The lowest BCUT2D eigenvalue weighted by atomic mass is 10.2. The number of hydrogen-bond acceptors (Lipinski definition) is 5. The van der Waals surface area contributed by atoms with Gasteiger partial charge in [-0.3, -0.25) is 4.79 Å². The number of aryl methyl sites for hydroxylation is 1. The van der Waals surface area contributed by atoms with Gasteiger partial charge in [0.05, 0.1) is 12.0 Å². The van der Waals surface area contributed by atoms with E-state index in [9.17, 15) is 9.90 Å². The van der Waals surface area contributed by atoms with E-state index in [1.54, 1.807) is 25.3 Å². The largest absolute Gasteiger partial charge is 0.506 e. The van der Waals surface area contributed by atoms with E-state index in [0.717, 1.165) is 16.9 Å². The topological polar surface area (TPSA) is 70.9 Å². The standard InChI is InChI=1S/C18H16N2O3S/c1-11-6-7-14(15(21)8-11)19-18-20-17(22)16(24-18)10-12-4-3-5-13(9-12)23-2/h3-10,21H,1-2H3,(H,19,20,22)/b16-10-. The van der Waals surface area contributed by atoms with Crippen LogP contribution in [0.1, 0.15) is 11.1 Å². The monoisotopic (exact) mass is 340 g/mol. The van der Waals surface area contributed by atoms with Crippen LogP contribution in [0.5, 0.6) is 11.5 Å². The molecule has 0 bridgehead atoms. The van der Waals surface area contributed by atoms with Gasteiger partial charge >= 0.3 is 0 Å². The highest BCUT2D eigenvalue weighted by Gasteiger charge is 2.24. The van der Waals surface area contributed by atoms with E-state index < -0.39 is 0 Å². The van der Waals surface area contributed by atoms with Crippen LogP contribution < -0.4 is 10.1 Å². The summed E-state index contributed by atoms with van der Waals surface area (Å²) in [6, 6.07) is 12.7. The summed E-state index contributed by atoms with van der Waals surface area (Å²) in [6.45, 7) is 1.89. The lowest BCUT2D eigenvalue weighted by molar-refractivity contribution is -0.115. The van der Waals surface area contributed by atoms with Crippen molar-refractivity contribution in [1.82, 2.24) is 5.32 Å². The molecular formula is C18H16N2O3S. The fourth-order valence-corrected chi connectivity index (χ4v) is 3.04. The molecule has 1 aliphatic rings. The molecular weight excluding hydrogens is 324 g/mol. The van der Waals surface area contributed by atoms with Crippen LogP contribution in [-0.4, -0.2) is 23.3 Å². The number of nitrogens with one attached hydrogen (secondary N) is 1. The summed E-state index contributed by atoms with van der Waals surface area (Å²) in [5.41, 5.74) is 2.23. The Balaban J connectivity index is 1.85. The van der Waals surface area contributed by atoms with Crippen molar-refractivity contribution < 1.29 is 14.6 Å². The number of carbonyl (C=O) groups excluding carboxylic acids is 1. The minimum Gasteiger partial charge on any atom is -0.506 e. The molecule has 2 N–H and O–H groups in total. The Morgan fingerprint density at radius 1 is 1.25 bits per heavy atom. The summed E-state index contributed by atoms with van der Waals surface area (Å²) in [6.07, 6.45) is 1.78. The SMILES string of the molecule is COc1cccc(/C=C2\SC(=Nc3ccc(C)cc3O)NC2=O)c1. The Hall–Kier alpha value is -2.73. The Labute approximate surface area is 144 Å². The third kappa shape index (κ3) is 3.60. The Morgan fingerprint density at radius 2 is 2.08 bits per heavy atom. The highest BCUT2D eigenvalue weighted by Crippen LogP contribution is 2.32. The number of amidine groups is 1. The zero-order chi connectivity index (χ0) is 17.1. The van der Waals surface area contributed by atoms with Crippen LogP contribution in [0.4, 0.5) is 5.69 Å². The maximum absolute atomic E-state index is 12.1. The van der Waals surface area contributed by atoms with E-state index in [1.165, 1.54) is 11.8 Å². The molecule has 0 aromatic heterocycles. The van der Waals surface area contributed by atoms with E-state index in [0.29, 0.717) is 15.8 Å². The van der Waals surface area contributed by atoms with Crippen molar-refractivity contribution in [2.45, 2.75) is 6.92 Å². The van der Waals surface area contributed by atoms with Crippen molar-refractivity contribution in [3.63, 3.8) is 0 Å². The third-order valence-electron chi connectivity index (χ3n) is 3.40. The number of phenolic OH excluding ortho intramolecular Hbond substituents is 1. The first-order valence-electron chi connectivity index (χ1n) is 7.28. The lowest BCUT2D eigenvalue weighted by Crippen LogP contribution is -2.19. The molecule has 1 fully saturated rings. The van der Waals surface area contributed by atoms with Crippen LogP contribution in [0.2, 0.25) is 0 Å². The summed E-state index contributed by atoms with van der Waals surface area (Å²) in [4.78, 5) is 16.9. The predicted molar refractivity (Wildman–Crippen MR) is 96.6 cm³/mol. The maximum Gasteiger partial charge on any atom is 0.264 e. The summed E-state index contributed by atoms with van der Waals surface area (Å²) >= 11 is 1.23. The van der Waals surface area contributed by atoms with Gasteiger partial charge in [-0.15, -0.1) is 0 Å². The van der Waals surface area contributed by atoms with E-state index in [-0.39, 0.29) is 11.7 Å². The van der Waals surface area contributed by atoms with Gasteiger partial charge in [0.15, 0.2) is 5.17 Å². The number of carbonyl (C=O) groups is 1. The Kier molecular flexibility index (Phi) is 4.57. The zero-order valence-electron chi connectivity index (χ0n) is 13.2. The molecule has 1 amide bonds. The lowest BCUT2D eigenvalue weighted by Gasteiger charge is -2.01. The van der Waals surface area contributed by atoms with Gasteiger partial charge in [-0.05, 0) is 60.2 Å². The quantitative estimate of drug-likeness (QED) is 0.838. The molecule has 5 nitrogen and oxygen atoms in total. The Morgan fingerprint density at radius 3 is 2.83 bits per heavy atom. The first-order chi connectivity index (χ1) is 11.5. The van der Waals surface area contributed by atoms with Gasteiger partial charge in [0, 0.05) is 0 Å². The highest BCUT2D eigenvalue weighted by molar-refractivity contribution is 8.18. The van der Waals surface area contributed by atoms with Gasteiger partial charge in [-0.1, -0.05) is 18.2 Å². The number of rotatable bonds is 3. The maximum atomic E-state index is 12.1. The number of amides is 1.